The second-order valence-electron chi connectivity index (χ2n) is 4.99. The highest BCUT2D eigenvalue weighted by Crippen LogP contribution is 2.37. The highest BCUT2D eigenvalue weighted by molar-refractivity contribution is 9.10. The van der Waals surface area contributed by atoms with E-state index in [0.29, 0.717) is 33.0 Å². The molecular formula is C17H17BrN2O3S. The number of hydrogen-bond donors (Lipinski definition) is 0. The molecule has 126 valence electrons. The zero-order chi connectivity index (χ0) is 17.7. The Kier molecular flexibility index (Phi) is 6.35. The first-order chi connectivity index (χ1) is 11.5. The summed E-state index contributed by atoms with van der Waals surface area (Å²) in [5, 5.41) is 9.98. The van der Waals surface area contributed by atoms with Crippen molar-refractivity contribution in [3.8, 4) is 17.6 Å². The molecule has 0 radical (unpaired) electrons. The number of nitrogens with zero attached hydrogens (tertiary/aromatic N) is 2. The Morgan fingerprint density at radius 1 is 1.42 bits per heavy atom. The van der Waals surface area contributed by atoms with Gasteiger partial charge in [0.1, 0.15) is 4.88 Å². The van der Waals surface area contributed by atoms with E-state index in [4.69, 9.17) is 14.7 Å². The molecule has 7 heteroatoms. The molecule has 1 aromatic heterocycles. The van der Waals surface area contributed by atoms with Crippen LogP contribution in [0.5, 0.6) is 11.5 Å². The number of nitriles is 1. The van der Waals surface area contributed by atoms with E-state index in [0.717, 1.165) is 17.8 Å². The number of halogens is 1. The number of esters is 1. The van der Waals surface area contributed by atoms with Crippen molar-refractivity contribution in [1.29, 1.82) is 5.26 Å². The van der Waals surface area contributed by atoms with Gasteiger partial charge in [0.2, 0.25) is 0 Å². The first kappa shape index (κ1) is 18.4. The summed E-state index contributed by atoms with van der Waals surface area (Å²) in [4.78, 5) is 17.4. The molecule has 0 atom stereocenters. The Morgan fingerprint density at radius 3 is 2.79 bits per heavy atom. The van der Waals surface area contributed by atoms with Gasteiger partial charge in [0.25, 0.3) is 0 Å². The van der Waals surface area contributed by atoms with E-state index in [1.54, 1.807) is 19.1 Å². The molecule has 1 heterocycles. The number of ether oxygens (including phenoxy) is 2. The van der Waals surface area contributed by atoms with E-state index in [1.807, 2.05) is 13.0 Å². The van der Waals surface area contributed by atoms with Crippen molar-refractivity contribution in [2.75, 3.05) is 6.61 Å². The summed E-state index contributed by atoms with van der Waals surface area (Å²) in [7, 11) is 0. The van der Waals surface area contributed by atoms with Gasteiger partial charge >= 0.3 is 5.97 Å². The van der Waals surface area contributed by atoms with Crippen LogP contribution < -0.4 is 9.47 Å². The third-order valence-electron chi connectivity index (χ3n) is 3.12. The van der Waals surface area contributed by atoms with Gasteiger partial charge in [0.15, 0.2) is 11.5 Å². The molecular weight excluding hydrogens is 392 g/mol. The van der Waals surface area contributed by atoms with Gasteiger partial charge in [-0.3, -0.25) is 0 Å². The van der Waals surface area contributed by atoms with Crippen LogP contribution in [0.15, 0.2) is 16.6 Å². The van der Waals surface area contributed by atoms with E-state index >= 15 is 0 Å². The van der Waals surface area contributed by atoms with Crippen LogP contribution in [0.3, 0.4) is 0 Å². The van der Waals surface area contributed by atoms with Gasteiger partial charge in [0.05, 0.1) is 33.4 Å². The molecule has 2 aromatic rings. The van der Waals surface area contributed by atoms with Crippen LogP contribution >= 0.6 is 27.3 Å². The number of aryl methyl sites for hydroxylation is 2. The predicted octanol–water partition coefficient (Wildman–Crippen LogP) is 4.66. The van der Waals surface area contributed by atoms with Gasteiger partial charge in [-0.1, -0.05) is 6.92 Å². The van der Waals surface area contributed by atoms with E-state index in [1.165, 1.54) is 11.3 Å². The van der Waals surface area contributed by atoms with Crippen molar-refractivity contribution in [2.45, 2.75) is 33.6 Å². The Morgan fingerprint density at radius 2 is 2.17 bits per heavy atom. The maximum atomic E-state index is 12.5. The number of carbonyl (C=O) groups excluding carboxylic acids is 1. The first-order valence-electron chi connectivity index (χ1n) is 7.55. The molecule has 0 saturated carbocycles. The summed E-state index contributed by atoms with van der Waals surface area (Å²) in [6.07, 6.45) is 1.81. The summed E-state index contributed by atoms with van der Waals surface area (Å²) in [5.41, 5.74) is 1.08. The topological polar surface area (TPSA) is 72.2 Å². The van der Waals surface area contributed by atoms with Crippen LogP contribution in [0.4, 0.5) is 0 Å². The maximum Gasteiger partial charge on any atom is 0.355 e. The highest BCUT2D eigenvalue weighted by Gasteiger charge is 2.21. The molecule has 0 N–H and O–H groups in total. The van der Waals surface area contributed by atoms with Gasteiger partial charge in [-0.05, 0) is 48.7 Å². The summed E-state index contributed by atoms with van der Waals surface area (Å²) in [6, 6.07) is 5.19. The number of carbonyl (C=O) groups is 1. The Labute approximate surface area is 153 Å². The number of benzene rings is 1. The second kappa shape index (κ2) is 8.27. The third-order valence-corrected chi connectivity index (χ3v) is 4.91. The molecule has 0 spiro atoms. The molecule has 0 aliphatic rings. The van der Waals surface area contributed by atoms with Crippen LogP contribution in [0.25, 0.3) is 0 Å². The minimum Gasteiger partial charge on any atom is -0.490 e. The lowest BCUT2D eigenvalue weighted by Gasteiger charge is -2.12. The fraction of sp³-hybridized carbons (Fsp3) is 0.353. The van der Waals surface area contributed by atoms with Crippen molar-refractivity contribution in [3.63, 3.8) is 0 Å². The molecule has 0 bridgehead atoms. The molecule has 1 aromatic carbocycles. The molecule has 0 amide bonds. The van der Waals surface area contributed by atoms with E-state index in [9.17, 15) is 4.79 Å². The summed E-state index contributed by atoms with van der Waals surface area (Å²) in [5.74, 6) is 0.150. The van der Waals surface area contributed by atoms with E-state index < -0.39 is 5.97 Å². The lowest BCUT2D eigenvalue weighted by molar-refractivity contribution is 0.0731. The number of hydrogen-bond acceptors (Lipinski definition) is 6. The lowest BCUT2D eigenvalue weighted by atomic mass is 10.2. The normalized spacial score (nSPS) is 10.3. The van der Waals surface area contributed by atoms with Crippen molar-refractivity contribution in [1.82, 2.24) is 4.98 Å². The van der Waals surface area contributed by atoms with Crippen molar-refractivity contribution >= 4 is 33.2 Å². The highest BCUT2D eigenvalue weighted by atomic mass is 79.9. The third kappa shape index (κ3) is 4.13. The fourth-order valence-electron chi connectivity index (χ4n) is 2.10. The smallest absolute Gasteiger partial charge is 0.355 e. The lowest BCUT2D eigenvalue weighted by Crippen LogP contribution is -2.10. The minimum atomic E-state index is -0.473. The van der Waals surface area contributed by atoms with Gasteiger partial charge < -0.3 is 9.47 Å². The standard InChI is InChI=1S/C17H17BrN2O3S/c1-4-6-14-20-10(3)16(24-14)17(21)23-15-12(18)7-11(9-19)8-13(15)22-5-2/h7-8H,4-6H2,1-3H3. The zero-order valence-corrected chi connectivity index (χ0v) is 16.1. The molecule has 0 aliphatic heterocycles. The molecule has 24 heavy (non-hydrogen) atoms. The monoisotopic (exact) mass is 408 g/mol. The Hall–Kier alpha value is -1.91. The second-order valence-corrected chi connectivity index (χ2v) is 6.93. The number of thiazole rings is 1. The van der Waals surface area contributed by atoms with Gasteiger partial charge in [0, 0.05) is 6.07 Å². The van der Waals surface area contributed by atoms with Gasteiger partial charge in [-0.25, -0.2) is 9.78 Å². The predicted molar refractivity (Wildman–Crippen MR) is 95.8 cm³/mol. The van der Waals surface area contributed by atoms with Crippen LogP contribution in [-0.2, 0) is 6.42 Å². The summed E-state index contributed by atoms with van der Waals surface area (Å²) >= 11 is 4.69. The summed E-state index contributed by atoms with van der Waals surface area (Å²) in [6.45, 7) is 6.08. The molecule has 5 nitrogen and oxygen atoms in total. The van der Waals surface area contributed by atoms with E-state index in [-0.39, 0.29) is 5.75 Å². The van der Waals surface area contributed by atoms with Gasteiger partial charge in [-0.2, -0.15) is 5.26 Å². The van der Waals surface area contributed by atoms with Gasteiger partial charge in [-0.15, -0.1) is 11.3 Å². The molecule has 0 unspecified atom stereocenters. The average Bonchev–Trinajstić information content (AvgIpc) is 2.91. The molecule has 2 rings (SSSR count). The number of aromatic nitrogens is 1. The molecule has 0 aliphatic carbocycles. The Bertz CT molecular complexity index is 796. The maximum absolute atomic E-state index is 12.5. The van der Waals surface area contributed by atoms with Crippen molar-refractivity contribution < 1.29 is 14.3 Å². The molecule has 0 fully saturated rings. The fourth-order valence-corrected chi connectivity index (χ4v) is 3.66. The van der Waals surface area contributed by atoms with Crippen LogP contribution in [-0.4, -0.2) is 17.6 Å². The average molecular weight is 409 g/mol. The van der Waals surface area contributed by atoms with E-state index in [2.05, 4.69) is 27.8 Å². The molecule has 0 saturated heterocycles. The Balaban J connectivity index is 2.33. The van der Waals surface area contributed by atoms with Crippen LogP contribution in [0.1, 0.15) is 46.2 Å². The minimum absolute atomic E-state index is 0.269. The van der Waals surface area contributed by atoms with Crippen molar-refractivity contribution in [3.05, 3.63) is 37.7 Å². The van der Waals surface area contributed by atoms with Crippen molar-refractivity contribution in [2.24, 2.45) is 0 Å². The SMILES string of the molecule is CCCc1nc(C)c(C(=O)Oc2c(Br)cc(C#N)cc2OCC)s1. The zero-order valence-electron chi connectivity index (χ0n) is 13.7. The largest absolute Gasteiger partial charge is 0.490 e. The first-order valence-corrected chi connectivity index (χ1v) is 9.16. The quantitative estimate of drug-likeness (QED) is 0.513. The van der Waals surface area contributed by atoms with Crippen LogP contribution in [0, 0.1) is 18.3 Å². The number of rotatable bonds is 6. The van der Waals surface area contributed by atoms with Crippen LogP contribution in [0.2, 0.25) is 0 Å². The summed E-state index contributed by atoms with van der Waals surface area (Å²) < 4.78 is 11.5.